The molecule has 108 valence electrons. The van der Waals surface area contributed by atoms with Crippen LogP contribution >= 0.6 is 11.6 Å². The van der Waals surface area contributed by atoms with Gasteiger partial charge in [0.2, 0.25) is 0 Å². The molecule has 0 radical (unpaired) electrons. The van der Waals surface area contributed by atoms with Crippen molar-refractivity contribution in [3.05, 3.63) is 38.9 Å². The predicted molar refractivity (Wildman–Crippen MR) is 75.8 cm³/mol. The van der Waals surface area contributed by atoms with Crippen molar-refractivity contribution in [3.8, 4) is 0 Å². The van der Waals surface area contributed by atoms with Gasteiger partial charge in [0.15, 0.2) is 0 Å². The molecular weight excluding hydrogens is 282 g/mol. The van der Waals surface area contributed by atoms with Crippen molar-refractivity contribution < 1.29 is 9.72 Å². The van der Waals surface area contributed by atoms with Gasteiger partial charge in [0, 0.05) is 24.2 Å². The lowest BCUT2D eigenvalue weighted by Crippen LogP contribution is -2.49. The maximum Gasteiger partial charge on any atom is 0.270 e. The van der Waals surface area contributed by atoms with Crippen LogP contribution in [0, 0.1) is 10.1 Å². The van der Waals surface area contributed by atoms with E-state index in [1.165, 1.54) is 18.2 Å². The molecule has 1 saturated carbocycles. The summed E-state index contributed by atoms with van der Waals surface area (Å²) in [7, 11) is 0. The first-order valence-corrected chi connectivity index (χ1v) is 6.87. The topological polar surface area (TPSA) is 98.3 Å². The van der Waals surface area contributed by atoms with Gasteiger partial charge in [-0.3, -0.25) is 14.9 Å². The molecule has 20 heavy (non-hydrogen) atoms. The minimum atomic E-state index is -0.556. The van der Waals surface area contributed by atoms with Gasteiger partial charge in [-0.15, -0.1) is 0 Å². The summed E-state index contributed by atoms with van der Waals surface area (Å²) < 4.78 is 0. The Morgan fingerprint density at radius 3 is 2.75 bits per heavy atom. The Morgan fingerprint density at radius 2 is 2.10 bits per heavy atom. The van der Waals surface area contributed by atoms with Gasteiger partial charge in [0.1, 0.15) is 0 Å². The maximum absolute atomic E-state index is 12.2. The number of nitro benzene ring substituents is 1. The van der Waals surface area contributed by atoms with Crippen LogP contribution in [-0.2, 0) is 0 Å². The normalized spacial score (nSPS) is 22.3. The minimum absolute atomic E-state index is 0.0785. The number of carbonyl (C=O) groups is 1. The number of benzene rings is 1. The number of amides is 1. The fourth-order valence-corrected chi connectivity index (χ4v) is 2.59. The summed E-state index contributed by atoms with van der Waals surface area (Å²) in [6, 6.07) is 3.63. The number of hydrogen-bond acceptors (Lipinski definition) is 4. The molecule has 2 rings (SSSR count). The van der Waals surface area contributed by atoms with Gasteiger partial charge in [-0.1, -0.05) is 24.4 Å². The number of nitro groups is 1. The molecular formula is C13H16ClN3O3. The molecule has 1 fully saturated rings. The molecule has 1 aliphatic rings. The Kier molecular flexibility index (Phi) is 4.57. The standard InChI is InChI=1S/C13H16ClN3O3/c14-10-6-5-8(17(19)20)7-9(10)13(18)16-12-4-2-1-3-11(12)15/h5-7,11-12H,1-4,15H2,(H,16,18)/t11-,12-/m1/s1. The number of hydrogen-bond donors (Lipinski definition) is 2. The first kappa shape index (κ1) is 14.7. The Hall–Kier alpha value is -1.66. The number of halogens is 1. The number of rotatable bonds is 3. The van der Waals surface area contributed by atoms with Crippen LogP contribution < -0.4 is 11.1 Å². The number of nitrogens with zero attached hydrogens (tertiary/aromatic N) is 1. The summed E-state index contributed by atoms with van der Waals surface area (Å²) in [5.74, 6) is -0.416. The largest absolute Gasteiger partial charge is 0.348 e. The van der Waals surface area contributed by atoms with E-state index in [9.17, 15) is 14.9 Å². The third-order valence-electron chi connectivity index (χ3n) is 3.54. The predicted octanol–water partition coefficient (Wildman–Crippen LogP) is 2.25. The monoisotopic (exact) mass is 297 g/mol. The van der Waals surface area contributed by atoms with E-state index in [0.717, 1.165) is 25.7 Å². The smallest absolute Gasteiger partial charge is 0.270 e. The van der Waals surface area contributed by atoms with Crippen molar-refractivity contribution in [1.82, 2.24) is 5.32 Å². The van der Waals surface area contributed by atoms with E-state index < -0.39 is 10.8 Å². The molecule has 1 amide bonds. The molecule has 0 unspecified atom stereocenters. The second-order valence-electron chi connectivity index (χ2n) is 4.95. The highest BCUT2D eigenvalue weighted by Crippen LogP contribution is 2.23. The Labute approximate surface area is 121 Å². The maximum atomic E-state index is 12.2. The fourth-order valence-electron chi connectivity index (χ4n) is 2.39. The lowest BCUT2D eigenvalue weighted by molar-refractivity contribution is -0.384. The van der Waals surface area contributed by atoms with Crippen LogP contribution in [0.1, 0.15) is 36.0 Å². The van der Waals surface area contributed by atoms with E-state index in [2.05, 4.69) is 5.32 Å². The lowest BCUT2D eigenvalue weighted by atomic mass is 9.91. The van der Waals surface area contributed by atoms with E-state index >= 15 is 0 Å². The number of carbonyl (C=O) groups excluding carboxylic acids is 1. The number of nitrogens with one attached hydrogen (secondary N) is 1. The molecule has 0 aromatic heterocycles. The van der Waals surface area contributed by atoms with Crippen LogP contribution in [0.3, 0.4) is 0 Å². The van der Waals surface area contributed by atoms with Gasteiger partial charge in [0.25, 0.3) is 11.6 Å². The zero-order chi connectivity index (χ0) is 14.7. The number of non-ortho nitro benzene ring substituents is 1. The van der Waals surface area contributed by atoms with Crippen LogP contribution in [0.15, 0.2) is 18.2 Å². The van der Waals surface area contributed by atoms with E-state index in [1.807, 2.05) is 0 Å². The first-order valence-electron chi connectivity index (χ1n) is 6.49. The van der Waals surface area contributed by atoms with Crippen LogP contribution in [0.25, 0.3) is 0 Å². The lowest BCUT2D eigenvalue weighted by Gasteiger charge is -2.29. The average Bonchev–Trinajstić information content (AvgIpc) is 2.41. The molecule has 0 spiro atoms. The van der Waals surface area contributed by atoms with Crippen LogP contribution in [0.5, 0.6) is 0 Å². The van der Waals surface area contributed by atoms with E-state index in [4.69, 9.17) is 17.3 Å². The zero-order valence-corrected chi connectivity index (χ0v) is 11.6. The molecule has 3 N–H and O–H groups in total. The molecule has 1 aliphatic carbocycles. The quantitative estimate of drug-likeness (QED) is 0.660. The van der Waals surface area contributed by atoms with Crippen LogP contribution in [-0.4, -0.2) is 22.9 Å². The van der Waals surface area contributed by atoms with Crippen molar-refractivity contribution in [3.63, 3.8) is 0 Å². The fraction of sp³-hybridized carbons (Fsp3) is 0.462. The summed E-state index contributed by atoms with van der Waals surface area (Å²) in [6.45, 7) is 0. The summed E-state index contributed by atoms with van der Waals surface area (Å²) >= 11 is 5.94. The summed E-state index contributed by atoms with van der Waals surface area (Å²) in [4.78, 5) is 22.4. The van der Waals surface area contributed by atoms with Crippen molar-refractivity contribution in [2.75, 3.05) is 0 Å². The first-order chi connectivity index (χ1) is 9.49. The summed E-state index contributed by atoms with van der Waals surface area (Å²) in [5.41, 5.74) is 5.92. The molecule has 2 atom stereocenters. The van der Waals surface area contributed by atoms with Gasteiger partial charge < -0.3 is 11.1 Å². The Bertz CT molecular complexity index is 536. The van der Waals surface area contributed by atoms with Crippen molar-refractivity contribution in [1.29, 1.82) is 0 Å². The molecule has 0 aliphatic heterocycles. The number of nitrogens with two attached hydrogens (primary N) is 1. The van der Waals surface area contributed by atoms with E-state index in [1.54, 1.807) is 0 Å². The van der Waals surface area contributed by atoms with Crippen LogP contribution in [0.2, 0.25) is 5.02 Å². The SMILES string of the molecule is N[C@@H]1CCCC[C@H]1NC(=O)c1cc([N+](=O)[O-])ccc1Cl. The molecule has 1 aromatic carbocycles. The molecule has 0 bridgehead atoms. The van der Waals surface area contributed by atoms with E-state index in [-0.39, 0.29) is 28.4 Å². The third-order valence-corrected chi connectivity index (χ3v) is 3.87. The van der Waals surface area contributed by atoms with E-state index in [0.29, 0.717) is 0 Å². The summed E-state index contributed by atoms with van der Waals surface area (Å²) in [5, 5.41) is 13.8. The molecule has 1 aromatic rings. The highest BCUT2D eigenvalue weighted by atomic mass is 35.5. The van der Waals surface area contributed by atoms with Crippen molar-refractivity contribution >= 4 is 23.2 Å². The highest BCUT2D eigenvalue weighted by Gasteiger charge is 2.25. The average molecular weight is 298 g/mol. The van der Waals surface area contributed by atoms with Crippen molar-refractivity contribution in [2.24, 2.45) is 5.73 Å². The molecule has 7 heteroatoms. The zero-order valence-electron chi connectivity index (χ0n) is 10.8. The third kappa shape index (κ3) is 3.26. The van der Waals surface area contributed by atoms with Gasteiger partial charge >= 0.3 is 0 Å². The summed E-state index contributed by atoms with van der Waals surface area (Å²) in [6.07, 6.45) is 3.76. The van der Waals surface area contributed by atoms with Crippen molar-refractivity contribution in [2.45, 2.75) is 37.8 Å². The van der Waals surface area contributed by atoms with Gasteiger partial charge in [-0.2, -0.15) is 0 Å². The Morgan fingerprint density at radius 1 is 1.40 bits per heavy atom. The Balaban J connectivity index is 2.16. The van der Waals surface area contributed by atoms with Gasteiger partial charge in [-0.25, -0.2) is 0 Å². The minimum Gasteiger partial charge on any atom is -0.348 e. The molecule has 0 heterocycles. The second-order valence-corrected chi connectivity index (χ2v) is 5.36. The molecule has 0 saturated heterocycles. The van der Waals surface area contributed by atoms with Gasteiger partial charge in [0.05, 0.1) is 15.5 Å². The van der Waals surface area contributed by atoms with Crippen LogP contribution in [0.4, 0.5) is 5.69 Å². The molecule has 6 nitrogen and oxygen atoms in total. The highest BCUT2D eigenvalue weighted by molar-refractivity contribution is 6.33. The second kappa shape index (κ2) is 6.19. The van der Waals surface area contributed by atoms with Gasteiger partial charge in [-0.05, 0) is 18.9 Å².